The molecular formula is C42H60O5. The van der Waals surface area contributed by atoms with Gasteiger partial charge in [0.05, 0.1) is 0 Å². The molecule has 3 fully saturated rings. The third-order valence-electron chi connectivity index (χ3n) is 12.9. The quantitative estimate of drug-likeness (QED) is 0.0980. The Labute approximate surface area is 284 Å². The fourth-order valence-electron chi connectivity index (χ4n) is 10.4. The second-order valence-corrected chi connectivity index (χ2v) is 16.3. The Hall–Kier alpha value is -2.82. The molecule has 1 aromatic carbocycles. The Balaban J connectivity index is 1.31. The van der Waals surface area contributed by atoms with Gasteiger partial charge in [0.15, 0.2) is 0 Å². The van der Waals surface area contributed by atoms with Gasteiger partial charge in [-0.1, -0.05) is 115 Å². The van der Waals surface area contributed by atoms with E-state index < -0.39 is 12.1 Å². The van der Waals surface area contributed by atoms with E-state index in [0.717, 1.165) is 42.1 Å². The van der Waals surface area contributed by atoms with Gasteiger partial charge < -0.3 is 14.2 Å². The summed E-state index contributed by atoms with van der Waals surface area (Å²) < 4.78 is 16.7. The Kier molecular flexibility index (Phi) is 11.4. The maximum absolute atomic E-state index is 13.0. The lowest BCUT2D eigenvalue weighted by molar-refractivity contribution is -0.140. The molecule has 5 heteroatoms. The maximum Gasteiger partial charge on any atom is 0.508 e. The Morgan fingerprint density at radius 3 is 2.47 bits per heavy atom. The lowest BCUT2D eigenvalue weighted by Crippen LogP contribution is -2.52. The van der Waals surface area contributed by atoms with E-state index in [1.54, 1.807) is 12.5 Å². The normalized spacial score (nSPS) is 33.7. The summed E-state index contributed by atoms with van der Waals surface area (Å²) >= 11 is 0. The minimum atomic E-state index is -0.691. The summed E-state index contributed by atoms with van der Waals surface area (Å²) in [4.78, 5) is 24.7. The van der Waals surface area contributed by atoms with Crippen LogP contribution in [0.3, 0.4) is 0 Å². The van der Waals surface area contributed by atoms with Crippen LogP contribution in [0.25, 0.3) is 6.08 Å². The summed E-state index contributed by atoms with van der Waals surface area (Å²) in [5.41, 5.74) is 3.45. The highest BCUT2D eigenvalue weighted by Crippen LogP contribution is 2.67. The standard InChI is InChI=1S/C42H60O5/c1-28(2)12-11-13-30(5)35-20-21-36-34-19-18-33-26-32(17-16-31-14-9-8-10-15-31)38(27-42(33,7)37(34)22-23-41(35,36)6)47-40(44)46-25-24-45-39(43)29(3)4/h8-10,14-18,28,30,32,34-38H,3,11-13,19-27H2,1-2,4-7H3/t30-,32?,34?,35-,36?,37?,38?,41-,42+/m1/s1. The van der Waals surface area contributed by atoms with E-state index in [4.69, 9.17) is 14.2 Å². The van der Waals surface area contributed by atoms with Gasteiger partial charge in [0, 0.05) is 11.5 Å². The second-order valence-electron chi connectivity index (χ2n) is 16.3. The van der Waals surface area contributed by atoms with Gasteiger partial charge in [0.2, 0.25) is 0 Å². The molecule has 5 nitrogen and oxygen atoms in total. The largest absolute Gasteiger partial charge is 0.508 e. The predicted octanol–water partition coefficient (Wildman–Crippen LogP) is 10.6. The van der Waals surface area contributed by atoms with Gasteiger partial charge in [0.25, 0.3) is 0 Å². The molecule has 4 aliphatic carbocycles. The zero-order chi connectivity index (χ0) is 33.8. The smallest absolute Gasteiger partial charge is 0.459 e. The van der Waals surface area contributed by atoms with Crippen LogP contribution in [0.5, 0.6) is 0 Å². The van der Waals surface area contributed by atoms with E-state index >= 15 is 0 Å². The van der Waals surface area contributed by atoms with Crippen molar-refractivity contribution in [3.05, 3.63) is 65.8 Å². The van der Waals surface area contributed by atoms with Crippen LogP contribution in [0.1, 0.15) is 111 Å². The molecule has 0 amide bonds. The van der Waals surface area contributed by atoms with Crippen LogP contribution >= 0.6 is 0 Å². The molecule has 47 heavy (non-hydrogen) atoms. The first-order chi connectivity index (χ1) is 22.4. The van der Waals surface area contributed by atoms with E-state index in [-0.39, 0.29) is 30.7 Å². The van der Waals surface area contributed by atoms with E-state index in [1.165, 1.54) is 51.4 Å². The van der Waals surface area contributed by atoms with Gasteiger partial charge in [-0.25, -0.2) is 9.59 Å². The number of hydrogen-bond acceptors (Lipinski definition) is 5. The van der Waals surface area contributed by atoms with Gasteiger partial charge in [0.1, 0.15) is 19.3 Å². The van der Waals surface area contributed by atoms with Gasteiger partial charge in [-0.2, -0.15) is 0 Å². The van der Waals surface area contributed by atoms with Crippen LogP contribution in [0.2, 0.25) is 0 Å². The highest BCUT2D eigenvalue weighted by Gasteiger charge is 2.60. The van der Waals surface area contributed by atoms with Crippen molar-refractivity contribution in [3.63, 3.8) is 0 Å². The monoisotopic (exact) mass is 644 g/mol. The molecule has 0 spiro atoms. The van der Waals surface area contributed by atoms with Crippen LogP contribution in [-0.4, -0.2) is 31.4 Å². The predicted molar refractivity (Wildman–Crippen MR) is 189 cm³/mol. The van der Waals surface area contributed by atoms with Crippen molar-refractivity contribution in [3.8, 4) is 0 Å². The summed E-state index contributed by atoms with van der Waals surface area (Å²) in [6.45, 7) is 17.5. The molecule has 5 rings (SSSR count). The molecule has 4 aliphatic rings. The minimum absolute atomic E-state index is 0.00423. The number of benzene rings is 1. The van der Waals surface area contributed by atoms with Crippen molar-refractivity contribution in [1.82, 2.24) is 0 Å². The van der Waals surface area contributed by atoms with Crippen molar-refractivity contribution in [1.29, 1.82) is 0 Å². The molecule has 1 aromatic rings. The van der Waals surface area contributed by atoms with Crippen LogP contribution in [0, 0.1) is 52.3 Å². The molecule has 9 atom stereocenters. The first-order valence-electron chi connectivity index (χ1n) is 18.5. The summed E-state index contributed by atoms with van der Waals surface area (Å²) in [7, 11) is 0. The Morgan fingerprint density at radius 1 is 1.00 bits per heavy atom. The van der Waals surface area contributed by atoms with E-state index in [1.807, 2.05) is 18.2 Å². The van der Waals surface area contributed by atoms with Crippen molar-refractivity contribution in [2.45, 2.75) is 112 Å². The van der Waals surface area contributed by atoms with Crippen LogP contribution in [0.4, 0.5) is 4.79 Å². The van der Waals surface area contributed by atoms with Crippen molar-refractivity contribution in [2.24, 2.45) is 52.3 Å². The Morgan fingerprint density at radius 2 is 1.74 bits per heavy atom. The number of ether oxygens (including phenoxy) is 3. The first-order valence-corrected chi connectivity index (χ1v) is 18.5. The number of esters is 1. The molecule has 0 radical (unpaired) electrons. The van der Waals surface area contributed by atoms with E-state index in [9.17, 15) is 9.59 Å². The highest BCUT2D eigenvalue weighted by atomic mass is 16.7. The van der Waals surface area contributed by atoms with Gasteiger partial charge >= 0.3 is 12.1 Å². The zero-order valence-electron chi connectivity index (χ0n) is 30.0. The van der Waals surface area contributed by atoms with Gasteiger partial charge in [-0.05, 0) is 104 Å². The molecule has 0 heterocycles. The number of hydrogen-bond donors (Lipinski definition) is 0. The van der Waals surface area contributed by atoms with Crippen molar-refractivity contribution >= 4 is 18.2 Å². The summed E-state index contributed by atoms with van der Waals surface area (Å²) in [5, 5.41) is 0. The number of carbonyl (C=O) groups excluding carboxylic acids is 2. The molecule has 0 aliphatic heterocycles. The number of rotatable bonds is 12. The fraction of sp³-hybridized carbons (Fsp3) is 0.667. The SMILES string of the molecule is C=C(C)C(=O)OCCOC(=O)OC1C[C@@]2(C)C(=CCC3C2CC[C@@]2(C)C3CC[C@@H]2[C@H](C)CCCC(C)C)CC1C=Cc1ccccc1. The zero-order valence-corrected chi connectivity index (χ0v) is 30.0. The van der Waals surface area contributed by atoms with E-state index in [0.29, 0.717) is 22.8 Å². The number of allylic oxidation sites excluding steroid dienone is 2. The van der Waals surface area contributed by atoms with Crippen LogP contribution in [-0.2, 0) is 19.0 Å². The molecule has 0 aromatic heterocycles. The van der Waals surface area contributed by atoms with Crippen molar-refractivity contribution < 1.29 is 23.8 Å². The molecule has 0 bridgehead atoms. The fourth-order valence-corrected chi connectivity index (χ4v) is 10.4. The third kappa shape index (κ3) is 7.92. The van der Waals surface area contributed by atoms with E-state index in [2.05, 4.69) is 71.6 Å². The number of fused-ring (bicyclic) bond motifs is 5. The molecule has 258 valence electrons. The van der Waals surface area contributed by atoms with Gasteiger partial charge in [-0.3, -0.25) is 0 Å². The molecule has 0 N–H and O–H groups in total. The number of carbonyl (C=O) groups is 2. The van der Waals surface area contributed by atoms with Crippen molar-refractivity contribution in [2.75, 3.05) is 13.2 Å². The third-order valence-corrected chi connectivity index (χ3v) is 12.9. The summed E-state index contributed by atoms with van der Waals surface area (Å²) in [6, 6.07) is 10.3. The average Bonchev–Trinajstić information content (AvgIpc) is 3.39. The second kappa shape index (κ2) is 15.2. The van der Waals surface area contributed by atoms with Crippen LogP contribution < -0.4 is 0 Å². The lowest BCUT2D eigenvalue weighted by atomic mass is 9.46. The molecule has 0 saturated heterocycles. The average molecular weight is 645 g/mol. The maximum atomic E-state index is 13.0. The summed E-state index contributed by atoms with van der Waals surface area (Å²) in [5.74, 6) is 4.08. The molecular weight excluding hydrogens is 584 g/mol. The molecule has 5 unspecified atom stereocenters. The van der Waals surface area contributed by atoms with Crippen LogP contribution in [0.15, 0.2) is 60.2 Å². The lowest BCUT2D eigenvalue weighted by Gasteiger charge is -2.59. The minimum Gasteiger partial charge on any atom is -0.459 e. The highest BCUT2D eigenvalue weighted by molar-refractivity contribution is 5.86. The summed E-state index contributed by atoms with van der Waals surface area (Å²) in [6.07, 6.45) is 18.3. The Bertz CT molecular complexity index is 1310. The van der Waals surface area contributed by atoms with Gasteiger partial charge in [-0.15, -0.1) is 0 Å². The molecule has 3 saturated carbocycles. The topological polar surface area (TPSA) is 61.8 Å². The first kappa shape index (κ1) is 35.5.